The fourth-order valence-corrected chi connectivity index (χ4v) is 3.26. The quantitative estimate of drug-likeness (QED) is 0.708. The van der Waals surface area contributed by atoms with Crippen molar-refractivity contribution in [3.8, 4) is 0 Å². The molecule has 0 saturated carbocycles. The molecule has 7 nitrogen and oxygen atoms in total. The van der Waals surface area contributed by atoms with Gasteiger partial charge in [-0.15, -0.1) is 0 Å². The normalized spacial score (nSPS) is 11.1. The Bertz CT molecular complexity index is 1130. The second-order valence-corrected chi connectivity index (χ2v) is 6.88. The Morgan fingerprint density at radius 1 is 1.00 bits per heavy atom. The molecule has 0 spiro atoms. The number of anilines is 1. The first kappa shape index (κ1) is 19.6. The van der Waals surface area contributed by atoms with Crippen LogP contribution in [0.3, 0.4) is 0 Å². The number of hydrogen-bond acceptors (Lipinski definition) is 4. The predicted octanol–water partition coefficient (Wildman–Crippen LogP) is 1.88. The third kappa shape index (κ3) is 3.89. The molecule has 0 unspecified atom stereocenters. The third-order valence-electron chi connectivity index (χ3n) is 4.53. The van der Waals surface area contributed by atoms with Gasteiger partial charge in [0, 0.05) is 18.8 Å². The van der Waals surface area contributed by atoms with Gasteiger partial charge >= 0.3 is 5.69 Å². The van der Waals surface area contributed by atoms with Gasteiger partial charge in [0.1, 0.15) is 6.54 Å². The smallest absolute Gasteiger partial charge is 0.324 e. The van der Waals surface area contributed by atoms with Gasteiger partial charge < -0.3 is 10.2 Å². The lowest BCUT2D eigenvalue weighted by atomic mass is 10.1. The highest BCUT2D eigenvalue weighted by atomic mass is 16.2. The highest BCUT2D eigenvalue weighted by molar-refractivity contribution is 5.92. The number of fused-ring (bicyclic) bond motifs is 1. The second kappa shape index (κ2) is 8.22. The summed E-state index contributed by atoms with van der Waals surface area (Å²) in [4.78, 5) is 40.0. The van der Waals surface area contributed by atoms with Gasteiger partial charge in [-0.3, -0.25) is 18.7 Å². The highest BCUT2D eigenvalue weighted by Crippen LogP contribution is 2.16. The summed E-state index contributed by atoms with van der Waals surface area (Å²) in [6.07, 6.45) is 0. The molecule has 0 aliphatic heterocycles. The molecule has 7 heteroatoms. The van der Waals surface area contributed by atoms with Crippen molar-refractivity contribution in [3.63, 3.8) is 0 Å². The maximum Gasteiger partial charge on any atom is 0.331 e. The van der Waals surface area contributed by atoms with Crippen LogP contribution in [0.2, 0.25) is 0 Å². The van der Waals surface area contributed by atoms with Crippen molar-refractivity contribution < 1.29 is 4.79 Å². The maximum absolute atomic E-state index is 12.8. The summed E-state index contributed by atoms with van der Waals surface area (Å²) in [6.45, 7) is 2.49. The van der Waals surface area contributed by atoms with Crippen molar-refractivity contribution in [2.75, 3.05) is 19.4 Å². The van der Waals surface area contributed by atoms with Crippen molar-refractivity contribution in [3.05, 3.63) is 74.9 Å². The van der Waals surface area contributed by atoms with E-state index in [1.807, 2.05) is 43.3 Å². The molecule has 3 rings (SSSR count). The minimum absolute atomic E-state index is 0.171. The summed E-state index contributed by atoms with van der Waals surface area (Å²) >= 11 is 0. The van der Waals surface area contributed by atoms with E-state index in [9.17, 15) is 14.4 Å². The average molecular weight is 380 g/mol. The molecule has 1 amide bonds. The fraction of sp³-hybridized carbons (Fsp3) is 0.286. The Morgan fingerprint density at radius 2 is 1.68 bits per heavy atom. The van der Waals surface area contributed by atoms with Crippen LogP contribution < -0.4 is 16.6 Å². The fourth-order valence-electron chi connectivity index (χ4n) is 3.26. The third-order valence-corrected chi connectivity index (χ3v) is 4.53. The highest BCUT2D eigenvalue weighted by Gasteiger charge is 2.15. The number of amides is 1. The lowest BCUT2D eigenvalue weighted by Crippen LogP contribution is -2.41. The van der Waals surface area contributed by atoms with Crippen LogP contribution >= 0.6 is 0 Å². The SMILES string of the molecule is CCn1c(=O)c2ccccc2n(CC(=O)Nc2ccccc2CN(C)C)c1=O. The number of carbonyl (C=O) groups excluding carboxylic acids is 1. The molecule has 0 atom stereocenters. The molecule has 146 valence electrons. The van der Waals surface area contributed by atoms with Crippen LogP contribution in [-0.4, -0.2) is 34.0 Å². The molecule has 0 saturated heterocycles. The Hall–Kier alpha value is -3.19. The molecule has 0 fully saturated rings. The summed E-state index contributed by atoms with van der Waals surface area (Å²) in [5.74, 6) is -0.320. The van der Waals surface area contributed by atoms with Crippen molar-refractivity contribution >= 4 is 22.5 Å². The molecule has 1 aromatic heterocycles. The number of hydrogen-bond donors (Lipinski definition) is 1. The molecule has 0 aliphatic rings. The zero-order chi connectivity index (χ0) is 20.3. The lowest BCUT2D eigenvalue weighted by molar-refractivity contribution is -0.116. The van der Waals surface area contributed by atoms with Gasteiger partial charge in [-0.2, -0.15) is 0 Å². The number of nitrogens with zero attached hydrogens (tertiary/aromatic N) is 3. The first-order chi connectivity index (χ1) is 13.4. The number of rotatable bonds is 6. The van der Waals surface area contributed by atoms with Gasteiger partial charge in [-0.25, -0.2) is 4.79 Å². The van der Waals surface area contributed by atoms with Gasteiger partial charge in [0.05, 0.1) is 10.9 Å². The van der Waals surface area contributed by atoms with Crippen molar-refractivity contribution in [1.29, 1.82) is 0 Å². The Morgan fingerprint density at radius 3 is 2.39 bits per heavy atom. The van der Waals surface area contributed by atoms with E-state index >= 15 is 0 Å². The van der Waals surface area contributed by atoms with Gasteiger partial charge in [0.25, 0.3) is 5.56 Å². The van der Waals surface area contributed by atoms with Gasteiger partial charge in [-0.05, 0) is 44.8 Å². The van der Waals surface area contributed by atoms with E-state index in [0.717, 1.165) is 10.1 Å². The van der Waals surface area contributed by atoms with E-state index in [2.05, 4.69) is 5.32 Å². The summed E-state index contributed by atoms with van der Waals surface area (Å²) in [7, 11) is 3.91. The molecule has 0 aliphatic carbocycles. The monoisotopic (exact) mass is 380 g/mol. The molecule has 1 heterocycles. The minimum atomic E-state index is -0.483. The van der Waals surface area contributed by atoms with Crippen LogP contribution in [0.5, 0.6) is 0 Å². The molecule has 1 N–H and O–H groups in total. The summed E-state index contributed by atoms with van der Waals surface area (Å²) < 4.78 is 2.50. The van der Waals surface area contributed by atoms with Crippen LogP contribution in [0.25, 0.3) is 10.9 Å². The summed E-state index contributed by atoms with van der Waals surface area (Å²) in [5.41, 5.74) is 1.33. The molecular weight excluding hydrogens is 356 g/mol. The zero-order valence-corrected chi connectivity index (χ0v) is 16.3. The van der Waals surface area contributed by atoms with Crippen molar-refractivity contribution in [2.24, 2.45) is 0 Å². The van der Waals surface area contributed by atoms with E-state index in [1.54, 1.807) is 31.2 Å². The minimum Gasteiger partial charge on any atom is -0.324 e. The topological polar surface area (TPSA) is 76.3 Å². The number of aromatic nitrogens is 2. The molecule has 3 aromatic rings. The second-order valence-electron chi connectivity index (χ2n) is 6.88. The van der Waals surface area contributed by atoms with E-state index < -0.39 is 5.69 Å². The molecule has 2 aromatic carbocycles. The van der Waals surface area contributed by atoms with E-state index in [1.165, 1.54) is 4.57 Å². The van der Waals surface area contributed by atoms with Gasteiger partial charge in [0.2, 0.25) is 5.91 Å². The summed E-state index contributed by atoms with van der Waals surface area (Å²) in [5, 5.41) is 3.32. The van der Waals surface area contributed by atoms with E-state index in [0.29, 0.717) is 23.1 Å². The Labute approximate surface area is 162 Å². The number of para-hydroxylation sites is 2. The van der Waals surface area contributed by atoms with Crippen LogP contribution in [0, 0.1) is 0 Å². The van der Waals surface area contributed by atoms with Crippen molar-refractivity contribution in [2.45, 2.75) is 26.6 Å². The Kier molecular flexibility index (Phi) is 5.75. The van der Waals surface area contributed by atoms with Crippen LogP contribution in [0.15, 0.2) is 58.1 Å². The average Bonchev–Trinajstić information content (AvgIpc) is 2.67. The number of benzene rings is 2. The first-order valence-corrected chi connectivity index (χ1v) is 9.17. The largest absolute Gasteiger partial charge is 0.331 e. The standard InChI is InChI=1S/C21H24N4O3/c1-4-24-20(27)16-10-6-8-12-18(16)25(21(24)28)14-19(26)22-17-11-7-5-9-15(17)13-23(2)3/h5-12H,4,13-14H2,1-3H3,(H,22,26). The predicted molar refractivity (Wildman–Crippen MR) is 111 cm³/mol. The molecular formula is C21H24N4O3. The van der Waals surface area contributed by atoms with Crippen LogP contribution in [0.1, 0.15) is 12.5 Å². The maximum atomic E-state index is 12.8. The number of carbonyl (C=O) groups is 1. The van der Waals surface area contributed by atoms with E-state index in [4.69, 9.17) is 0 Å². The van der Waals surface area contributed by atoms with Crippen molar-refractivity contribution in [1.82, 2.24) is 14.0 Å². The van der Waals surface area contributed by atoms with Gasteiger partial charge in [-0.1, -0.05) is 30.3 Å². The van der Waals surface area contributed by atoms with Crippen LogP contribution in [-0.2, 0) is 24.4 Å². The number of nitrogens with one attached hydrogen (secondary N) is 1. The Balaban J connectivity index is 1.97. The molecule has 0 radical (unpaired) electrons. The van der Waals surface area contributed by atoms with E-state index in [-0.39, 0.29) is 24.6 Å². The molecule has 0 bridgehead atoms. The first-order valence-electron chi connectivity index (χ1n) is 9.17. The van der Waals surface area contributed by atoms with Gasteiger partial charge in [0.15, 0.2) is 0 Å². The molecule has 28 heavy (non-hydrogen) atoms. The summed E-state index contributed by atoms with van der Waals surface area (Å²) in [6, 6.07) is 14.4. The zero-order valence-electron chi connectivity index (χ0n) is 16.3. The van der Waals surface area contributed by atoms with Crippen LogP contribution in [0.4, 0.5) is 5.69 Å². The lowest BCUT2D eigenvalue weighted by Gasteiger charge is -2.16.